The van der Waals surface area contributed by atoms with E-state index in [9.17, 15) is 18.0 Å². The van der Waals surface area contributed by atoms with E-state index in [0.717, 1.165) is 77.9 Å². The van der Waals surface area contributed by atoms with E-state index in [1.807, 2.05) is 0 Å². The molecule has 4 rings (SSSR count). The lowest BCUT2D eigenvalue weighted by Crippen LogP contribution is -2.59. The Morgan fingerprint density at radius 2 is 1.91 bits per heavy atom. The van der Waals surface area contributed by atoms with Crippen molar-refractivity contribution in [3.63, 3.8) is 0 Å². The standard InChI is InChI=1S/C24H35F3N4O3/c25-24(26,27)20-3-1-4-21(28-20)29-22(32)5-2-8-23(9-16-33-17-10-23)31-13-11-30(12-14-31)15-18-34-19-6-7-19/h1,3-4,19H,2,5-18H2,(H,28,29,32). The highest BCUT2D eigenvalue weighted by atomic mass is 19.4. The van der Waals surface area contributed by atoms with E-state index in [1.54, 1.807) is 0 Å². The Morgan fingerprint density at radius 3 is 2.59 bits per heavy atom. The van der Waals surface area contributed by atoms with Crippen molar-refractivity contribution in [3.05, 3.63) is 23.9 Å². The number of carbonyl (C=O) groups is 1. The summed E-state index contributed by atoms with van der Waals surface area (Å²) in [6.45, 7) is 7.22. The molecule has 0 bridgehead atoms. The molecule has 0 atom stereocenters. The number of ether oxygens (including phenoxy) is 2. The van der Waals surface area contributed by atoms with E-state index in [0.29, 0.717) is 12.5 Å². The SMILES string of the molecule is O=C(CCCC1(N2CCN(CCOC3CC3)CC2)CCOCC1)Nc1cccc(C(F)(F)F)n1. The highest BCUT2D eigenvalue weighted by molar-refractivity contribution is 5.89. The summed E-state index contributed by atoms with van der Waals surface area (Å²) in [6, 6.07) is 3.52. The maximum absolute atomic E-state index is 12.9. The minimum absolute atomic E-state index is 0.0174. The second kappa shape index (κ2) is 11.3. The van der Waals surface area contributed by atoms with E-state index in [4.69, 9.17) is 9.47 Å². The Morgan fingerprint density at radius 1 is 1.18 bits per heavy atom. The van der Waals surface area contributed by atoms with Crippen LogP contribution >= 0.6 is 0 Å². The average Bonchev–Trinajstić information content (AvgIpc) is 3.64. The molecule has 0 unspecified atom stereocenters. The first-order valence-corrected chi connectivity index (χ1v) is 12.3. The number of hydrogen-bond acceptors (Lipinski definition) is 6. The summed E-state index contributed by atoms with van der Waals surface area (Å²) in [5.41, 5.74) is -0.992. The topological polar surface area (TPSA) is 66.9 Å². The number of nitrogens with zero attached hydrogens (tertiary/aromatic N) is 3. The quantitative estimate of drug-likeness (QED) is 0.548. The minimum atomic E-state index is -4.54. The number of amides is 1. The first-order valence-electron chi connectivity index (χ1n) is 12.3. The van der Waals surface area contributed by atoms with Gasteiger partial charge in [0.1, 0.15) is 11.5 Å². The van der Waals surface area contributed by atoms with Gasteiger partial charge in [-0.1, -0.05) is 6.07 Å². The van der Waals surface area contributed by atoms with Crippen LogP contribution in [-0.2, 0) is 20.4 Å². The highest BCUT2D eigenvalue weighted by Crippen LogP contribution is 2.34. The zero-order chi connectivity index (χ0) is 24.0. The summed E-state index contributed by atoms with van der Waals surface area (Å²) < 4.78 is 50.0. The molecule has 1 N–H and O–H groups in total. The lowest BCUT2D eigenvalue weighted by Gasteiger charge is -2.50. The molecule has 1 aromatic heterocycles. The van der Waals surface area contributed by atoms with Crippen LogP contribution in [-0.4, -0.2) is 84.9 Å². The van der Waals surface area contributed by atoms with Crippen molar-refractivity contribution in [2.45, 2.75) is 62.8 Å². The second-order valence-electron chi connectivity index (χ2n) is 9.54. The lowest BCUT2D eigenvalue weighted by molar-refractivity contribution is -0.141. The summed E-state index contributed by atoms with van der Waals surface area (Å²) in [5.74, 6) is -0.378. The molecule has 1 amide bonds. The number of pyridine rings is 1. The number of hydrogen-bond donors (Lipinski definition) is 1. The fourth-order valence-corrected chi connectivity index (χ4v) is 4.95. The number of nitrogens with one attached hydrogen (secondary N) is 1. The molecule has 190 valence electrons. The van der Waals surface area contributed by atoms with Crippen LogP contribution in [0.3, 0.4) is 0 Å². The third-order valence-electron chi connectivity index (χ3n) is 7.11. The van der Waals surface area contributed by atoms with Crippen LogP contribution in [0.4, 0.5) is 19.0 Å². The Bertz CT molecular complexity index is 805. The molecule has 1 saturated carbocycles. The largest absolute Gasteiger partial charge is 0.433 e. The van der Waals surface area contributed by atoms with Crippen molar-refractivity contribution in [3.8, 4) is 0 Å². The number of piperazine rings is 1. The Hall–Kier alpha value is -1.75. The van der Waals surface area contributed by atoms with Gasteiger partial charge in [0.25, 0.3) is 0 Å². The molecule has 1 aromatic rings. The molecular formula is C24H35F3N4O3. The van der Waals surface area contributed by atoms with E-state index in [2.05, 4.69) is 20.1 Å². The van der Waals surface area contributed by atoms with Crippen LogP contribution in [0, 0.1) is 0 Å². The van der Waals surface area contributed by atoms with Gasteiger partial charge in [-0.2, -0.15) is 13.2 Å². The van der Waals surface area contributed by atoms with Crippen molar-refractivity contribution in [1.29, 1.82) is 0 Å². The van der Waals surface area contributed by atoms with Gasteiger partial charge in [-0.3, -0.25) is 14.6 Å². The maximum atomic E-state index is 12.9. The van der Waals surface area contributed by atoms with Crippen molar-refractivity contribution < 1.29 is 27.4 Å². The van der Waals surface area contributed by atoms with E-state index in [-0.39, 0.29) is 23.7 Å². The molecule has 0 radical (unpaired) electrons. The Kier molecular flexibility index (Phi) is 8.44. The molecule has 34 heavy (non-hydrogen) atoms. The van der Waals surface area contributed by atoms with Crippen LogP contribution in [0.1, 0.15) is 50.6 Å². The first-order chi connectivity index (χ1) is 16.3. The lowest BCUT2D eigenvalue weighted by atomic mass is 9.82. The first kappa shape index (κ1) is 25.3. The Balaban J connectivity index is 1.24. The van der Waals surface area contributed by atoms with Gasteiger partial charge in [-0.25, -0.2) is 4.98 Å². The van der Waals surface area contributed by atoms with Crippen molar-refractivity contribution >= 4 is 11.7 Å². The van der Waals surface area contributed by atoms with E-state index < -0.39 is 11.9 Å². The van der Waals surface area contributed by atoms with Gasteiger partial charge >= 0.3 is 6.18 Å². The predicted molar refractivity (Wildman–Crippen MR) is 121 cm³/mol. The maximum Gasteiger partial charge on any atom is 0.433 e. The molecule has 3 aliphatic rings. The highest BCUT2D eigenvalue weighted by Gasteiger charge is 2.39. The van der Waals surface area contributed by atoms with Crippen molar-refractivity contribution in [1.82, 2.24) is 14.8 Å². The number of anilines is 1. The summed E-state index contributed by atoms with van der Waals surface area (Å²) in [5, 5.41) is 2.51. The molecule has 1 aliphatic carbocycles. The van der Waals surface area contributed by atoms with Crippen LogP contribution in [0.5, 0.6) is 0 Å². The number of rotatable bonds is 10. The molecule has 2 aliphatic heterocycles. The third-order valence-corrected chi connectivity index (χ3v) is 7.11. The number of aromatic nitrogens is 1. The molecule has 2 saturated heterocycles. The summed E-state index contributed by atoms with van der Waals surface area (Å²) in [4.78, 5) is 20.9. The monoisotopic (exact) mass is 484 g/mol. The van der Waals surface area contributed by atoms with E-state index in [1.165, 1.54) is 25.0 Å². The zero-order valence-electron chi connectivity index (χ0n) is 19.6. The predicted octanol–water partition coefficient (Wildman–Crippen LogP) is 3.56. The van der Waals surface area contributed by atoms with Gasteiger partial charge in [0, 0.05) is 57.9 Å². The summed E-state index contributed by atoms with van der Waals surface area (Å²) in [7, 11) is 0. The molecule has 10 heteroatoms. The van der Waals surface area contributed by atoms with Gasteiger partial charge in [0.05, 0.1) is 12.7 Å². The normalized spacial score (nSPS) is 22.0. The van der Waals surface area contributed by atoms with E-state index >= 15 is 0 Å². The average molecular weight is 485 g/mol. The summed E-state index contributed by atoms with van der Waals surface area (Å²) >= 11 is 0. The number of halogens is 3. The van der Waals surface area contributed by atoms with Gasteiger partial charge in [0.2, 0.25) is 5.91 Å². The second-order valence-corrected chi connectivity index (χ2v) is 9.54. The van der Waals surface area contributed by atoms with Crippen LogP contribution < -0.4 is 5.32 Å². The molecule has 7 nitrogen and oxygen atoms in total. The number of alkyl halides is 3. The van der Waals surface area contributed by atoms with Crippen LogP contribution in [0.2, 0.25) is 0 Å². The molecule has 0 spiro atoms. The van der Waals surface area contributed by atoms with Crippen LogP contribution in [0.15, 0.2) is 18.2 Å². The van der Waals surface area contributed by atoms with Gasteiger partial charge in [0.15, 0.2) is 0 Å². The van der Waals surface area contributed by atoms with Crippen molar-refractivity contribution in [2.24, 2.45) is 0 Å². The van der Waals surface area contributed by atoms with Gasteiger partial charge in [-0.15, -0.1) is 0 Å². The summed E-state index contributed by atoms with van der Waals surface area (Å²) in [6.07, 6.45) is 2.02. The minimum Gasteiger partial charge on any atom is -0.381 e. The smallest absolute Gasteiger partial charge is 0.381 e. The van der Waals surface area contributed by atoms with Gasteiger partial charge < -0.3 is 14.8 Å². The third kappa shape index (κ3) is 7.13. The van der Waals surface area contributed by atoms with Crippen LogP contribution in [0.25, 0.3) is 0 Å². The molecule has 3 heterocycles. The fraction of sp³-hybridized carbons (Fsp3) is 0.750. The molecule has 0 aromatic carbocycles. The van der Waals surface area contributed by atoms with Crippen molar-refractivity contribution in [2.75, 3.05) is 57.9 Å². The zero-order valence-corrected chi connectivity index (χ0v) is 19.6. The fourth-order valence-electron chi connectivity index (χ4n) is 4.95. The Labute approximate surface area is 199 Å². The molecule has 3 fully saturated rings. The number of carbonyl (C=O) groups excluding carboxylic acids is 1. The van der Waals surface area contributed by atoms with Gasteiger partial charge in [-0.05, 0) is 50.7 Å². The molecular weight excluding hydrogens is 449 g/mol.